The van der Waals surface area contributed by atoms with Gasteiger partial charge in [-0.05, 0) is 12.5 Å². The number of benzene rings is 1. The minimum Gasteiger partial charge on any atom is -0.351 e. The molecule has 0 bridgehead atoms. The summed E-state index contributed by atoms with van der Waals surface area (Å²) in [6, 6.07) is 11.0. The summed E-state index contributed by atoms with van der Waals surface area (Å²) in [4.78, 5) is 2.29. The van der Waals surface area contributed by atoms with Gasteiger partial charge in [-0.2, -0.15) is 0 Å². The van der Waals surface area contributed by atoms with Crippen LogP contribution in [0.5, 0.6) is 0 Å². The fraction of sp³-hybridized carbons (Fsp3) is 0.400. The first-order valence-electron chi connectivity index (χ1n) is 4.24. The van der Waals surface area contributed by atoms with E-state index in [2.05, 4.69) is 36.1 Å². The summed E-state index contributed by atoms with van der Waals surface area (Å²) < 4.78 is 5.10. The summed E-state index contributed by atoms with van der Waals surface area (Å²) in [5.41, 5.74) is 1.36. The Labute approximate surface area is 72.8 Å². The van der Waals surface area contributed by atoms with E-state index in [1.807, 2.05) is 6.07 Å². The lowest BCUT2D eigenvalue weighted by atomic mass is 10.1. The number of hydrogen-bond acceptors (Lipinski definition) is 2. The van der Waals surface area contributed by atoms with Gasteiger partial charge < -0.3 is 4.74 Å². The first-order chi connectivity index (χ1) is 5.88. The van der Waals surface area contributed by atoms with Crippen LogP contribution in [0.25, 0.3) is 0 Å². The van der Waals surface area contributed by atoms with Gasteiger partial charge in [0.15, 0.2) is 0 Å². The second-order valence-corrected chi connectivity index (χ2v) is 3.14. The van der Waals surface area contributed by atoms with Gasteiger partial charge in [-0.1, -0.05) is 30.3 Å². The van der Waals surface area contributed by atoms with Crippen LogP contribution in [0.3, 0.4) is 0 Å². The lowest BCUT2D eigenvalue weighted by Gasteiger charge is -2.36. The molecular formula is C10H13NO. The van der Waals surface area contributed by atoms with Crippen molar-refractivity contribution in [1.29, 1.82) is 0 Å². The van der Waals surface area contributed by atoms with Crippen molar-refractivity contribution < 1.29 is 4.74 Å². The highest BCUT2D eigenvalue weighted by atomic mass is 16.5. The molecule has 0 radical (unpaired) electrons. The number of rotatable bonds is 2. The number of nitrogens with zero attached hydrogens (tertiary/aromatic N) is 1. The summed E-state index contributed by atoms with van der Waals surface area (Å²) in [6.07, 6.45) is 0. The molecule has 0 amide bonds. The molecular weight excluding hydrogens is 150 g/mol. The largest absolute Gasteiger partial charge is 0.351 e. The molecule has 2 rings (SSSR count). The van der Waals surface area contributed by atoms with Gasteiger partial charge in [-0.15, -0.1) is 0 Å². The maximum absolute atomic E-state index is 5.10. The smallest absolute Gasteiger partial charge is 0.103 e. The molecule has 0 spiro atoms. The van der Waals surface area contributed by atoms with Crippen molar-refractivity contribution in [2.45, 2.75) is 13.0 Å². The van der Waals surface area contributed by atoms with Crippen molar-refractivity contribution in [2.75, 3.05) is 13.5 Å². The molecule has 1 fully saturated rings. The van der Waals surface area contributed by atoms with E-state index in [4.69, 9.17) is 4.74 Å². The van der Waals surface area contributed by atoms with Crippen molar-refractivity contribution >= 4 is 0 Å². The maximum Gasteiger partial charge on any atom is 0.103 e. The monoisotopic (exact) mass is 163 g/mol. The van der Waals surface area contributed by atoms with Gasteiger partial charge >= 0.3 is 0 Å². The SMILES string of the molecule is C[C@@H](c1ccccc1)N1COC1. The molecule has 1 aromatic rings. The van der Waals surface area contributed by atoms with E-state index in [1.165, 1.54) is 5.56 Å². The molecule has 0 saturated carbocycles. The molecule has 1 aromatic carbocycles. The van der Waals surface area contributed by atoms with Gasteiger partial charge in [0.2, 0.25) is 0 Å². The van der Waals surface area contributed by atoms with Gasteiger partial charge in [0.1, 0.15) is 13.5 Å². The zero-order chi connectivity index (χ0) is 8.39. The van der Waals surface area contributed by atoms with Crippen LogP contribution in [0.4, 0.5) is 0 Å². The van der Waals surface area contributed by atoms with E-state index in [0.29, 0.717) is 6.04 Å². The lowest BCUT2D eigenvalue weighted by Crippen LogP contribution is -2.41. The highest BCUT2D eigenvalue weighted by molar-refractivity contribution is 5.18. The first kappa shape index (κ1) is 7.77. The predicted molar refractivity (Wildman–Crippen MR) is 47.5 cm³/mol. The molecule has 0 N–H and O–H groups in total. The molecule has 2 nitrogen and oxygen atoms in total. The van der Waals surface area contributed by atoms with Crippen molar-refractivity contribution in [3.63, 3.8) is 0 Å². The molecule has 0 unspecified atom stereocenters. The topological polar surface area (TPSA) is 12.5 Å². The fourth-order valence-corrected chi connectivity index (χ4v) is 1.36. The van der Waals surface area contributed by atoms with E-state index >= 15 is 0 Å². The van der Waals surface area contributed by atoms with Crippen LogP contribution in [0.1, 0.15) is 18.5 Å². The summed E-state index contributed by atoms with van der Waals surface area (Å²) in [5, 5.41) is 0. The Balaban J connectivity index is 2.08. The summed E-state index contributed by atoms with van der Waals surface area (Å²) in [6.45, 7) is 3.75. The van der Waals surface area contributed by atoms with Crippen LogP contribution in [-0.2, 0) is 4.74 Å². The van der Waals surface area contributed by atoms with E-state index in [9.17, 15) is 0 Å². The Morgan fingerprint density at radius 1 is 1.25 bits per heavy atom. The van der Waals surface area contributed by atoms with E-state index in [1.54, 1.807) is 0 Å². The molecule has 1 heterocycles. The molecule has 1 aliphatic heterocycles. The van der Waals surface area contributed by atoms with Crippen LogP contribution in [0.2, 0.25) is 0 Å². The predicted octanol–water partition coefficient (Wildman–Crippen LogP) is 1.99. The third-order valence-electron chi connectivity index (χ3n) is 2.34. The van der Waals surface area contributed by atoms with Crippen molar-refractivity contribution in [3.8, 4) is 0 Å². The Bertz CT molecular complexity index is 243. The molecule has 1 saturated heterocycles. The molecule has 0 aromatic heterocycles. The van der Waals surface area contributed by atoms with Gasteiger partial charge in [0, 0.05) is 6.04 Å². The molecule has 2 heteroatoms. The second-order valence-electron chi connectivity index (χ2n) is 3.14. The average molecular weight is 163 g/mol. The van der Waals surface area contributed by atoms with E-state index in [0.717, 1.165) is 13.5 Å². The van der Waals surface area contributed by atoms with Gasteiger partial charge in [-0.3, -0.25) is 4.90 Å². The highest BCUT2D eigenvalue weighted by Crippen LogP contribution is 2.22. The zero-order valence-electron chi connectivity index (χ0n) is 7.23. The fourth-order valence-electron chi connectivity index (χ4n) is 1.36. The Morgan fingerprint density at radius 3 is 2.42 bits per heavy atom. The normalized spacial score (nSPS) is 20.1. The van der Waals surface area contributed by atoms with Gasteiger partial charge in [0.05, 0.1) is 0 Å². The number of ether oxygens (including phenoxy) is 1. The van der Waals surface area contributed by atoms with E-state index in [-0.39, 0.29) is 0 Å². The molecule has 1 aliphatic rings. The molecule has 0 aliphatic carbocycles. The molecule has 1 atom stereocenters. The highest BCUT2D eigenvalue weighted by Gasteiger charge is 2.21. The van der Waals surface area contributed by atoms with Crippen LogP contribution in [-0.4, -0.2) is 18.4 Å². The third-order valence-corrected chi connectivity index (χ3v) is 2.34. The minimum absolute atomic E-state index is 0.486. The van der Waals surface area contributed by atoms with Crippen molar-refractivity contribution in [1.82, 2.24) is 4.90 Å². The second kappa shape index (κ2) is 3.25. The van der Waals surface area contributed by atoms with Crippen LogP contribution >= 0.6 is 0 Å². The van der Waals surface area contributed by atoms with Crippen LogP contribution in [0, 0.1) is 0 Å². The Hall–Kier alpha value is -0.860. The first-order valence-corrected chi connectivity index (χ1v) is 4.24. The summed E-state index contributed by atoms with van der Waals surface area (Å²) in [7, 11) is 0. The van der Waals surface area contributed by atoms with Crippen molar-refractivity contribution in [2.24, 2.45) is 0 Å². The Morgan fingerprint density at radius 2 is 1.92 bits per heavy atom. The minimum atomic E-state index is 0.486. The van der Waals surface area contributed by atoms with Crippen LogP contribution < -0.4 is 0 Å². The van der Waals surface area contributed by atoms with Crippen molar-refractivity contribution in [3.05, 3.63) is 35.9 Å². The Kier molecular flexibility index (Phi) is 2.11. The molecule has 64 valence electrons. The standard InChI is InChI=1S/C10H13NO/c1-9(11-7-12-8-11)10-5-3-2-4-6-10/h2-6,9H,7-8H2,1H3/t9-/m0/s1. The van der Waals surface area contributed by atoms with Gasteiger partial charge in [-0.25, -0.2) is 0 Å². The zero-order valence-corrected chi connectivity index (χ0v) is 7.23. The quantitative estimate of drug-likeness (QED) is 0.661. The lowest BCUT2D eigenvalue weighted by molar-refractivity contribution is -0.163. The summed E-state index contributed by atoms with van der Waals surface area (Å²) in [5.74, 6) is 0. The average Bonchev–Trinajstić information content (AvgIpc) is 2.03. The number of hydrogen-bond donors (Lipinski definition) is 0. The molecule has 12 heavy (non-hydrogen) atoms. The maximum atomic E-state index is 5.10. The van der Waals surface area contributed by atoms with E-state index < -0.39 is 0 Å². The summed E-state index contributed by atoms with van der Waals surface area (Å²) >= 11 is 0. The van der Waals surface area contributed by atoms with Gasteiger partial charge in [0.25, 0.3) is 0 Å². The van der Waals surface area contributed by atoms with Crippen LogP contribution in [0.15, 0.2) is 30.3 Å². The third kappa shape index (κ3) is 1.36.